The average molecular weight is 726 g/mol. The molecule has 4 aromatic rings. The minimum Gasteiger partial charge on any atom is -0.0620 e. The van der Waals surface area contributed by atoms with Crippen LogP contribution in [0.4, 0.5) is 0 Å². The molecule has 2 fully saturated rings. The molecule has 0 bridgehead atoms. The largest absolute Gasteiger partial charge is 2.00 e. The van der Waals surface area contributed by atoms with Crippen LogP contribution in [-0.2, 0) is 29.7 Å². The average Bonchev–Trinajstić information content (AvgIpc) is 3.72. The van der Waals surface area contributed by atoms with Crippen molar-refractivity contribution < 1.29 is 29.7 Å². The molecule has 0 nitrogen and oxygen atoms in total. The third-order valence-corrected chi connectivity index (χ3v) is 14.5. The van der Waals surface area contributed by atoms with Crippen LogP contribution in [0.2, 0.25) is 0 Å². The molecule has 0 aromatic heterocycles. The molecule has 0 saturated heterocycles. The number of hydrogen-bond acceptors (Lipinski definition) is 0. The van der Waals surface area contributed by atoms with Gasteiger partial charge in [0, 0.05) is 0 Å². The van der Waals surface area contributed by atoms with Gasteiger partial charge in [-0.15, -0.1) is 0 Å². The van der Waals surface area contributed by atoms with Gasteiger partial charge in [0.1, 0.15) is 0 Å². The molecule has 230 valence electrons. The second-order valence-electron chi connectivity index (χ2n) is 10.3. The summed E-state index contributed by atoms with van der Waals surface area (Å²) in [5.41, 5.74) is 1.86. The predicted octanol–water partition coefficient (Wildman–Crippen LogP) is 9.86. The Morgan fingerprint density at radius 2 is 0.619 bits per heavy atom. The topological polar surface area (TPSA) is 0 Å². The van der Waals surface area contributed by atoms with Crippen LogP contribution < -0.4 is 21.2 Å². The molecule has 42 heavy (non-hydrogen) atoms. The van der Waals surface area contributed by atoms with Gasteiger partial charge in [-0.3, -0.25) is 0 Å². The fourth-order valence-corrected chi connectivity index (χ4v) is 12.9. The minimum atomic E-state index is -0.577. The van der Waals surface area contributed by atoms with Gasteiger partial charge in [-0.05, 0) is 99.9 Å². The maximum Gasteiger partial charge on any atom is 2.00 e. The molecular weight excluding hydrogens is 680 g/mol. The van der Waals surface area contributed by atoms with Gasteiger partial charge < -0.3 is 14.9 Å². The molecule has 2 aliphatic rings. The van der Waals surface area contributed by atoms with Crippen molar-refractivity contribution in [3.8, 4) is 0 Å². The molecular formula is C36H46Cl2FeNiP2+2. The molecule has 0 heterocycles. The van der Waals surface area contributed by atoms with Gasteiger partial charge in [-0.1, -0.05) is 72.8 Å². The predicted molar refractivity (Wildman–Crippen MR) is 190 cm³/mol. The Morgan fingerprint density at radius 1 is 0.429 bits per heavy atom. The normalized spacial score (nSPS) is 14.5. The van der Waals surface area contributed by atoms with Gasteiger partial charge in [0.05, 0.1) is 48.4 Å². The van der Waals surface area contributed by atoms with Crippen LogP contribution in [-0.4, -0.2) is 11.3 Å². The van der Waals surface area contributed by atoms with Crippen LogP contribution in [0.5, 0.6) is 0 Å². The number of rotatable bonds is 6. The Labute approximate surface area is 284 Å². The Kier molecular flexibility index (Phi) is 21.4. The van der Waals surface area contributed by atoms with Crippen LogP contribution in [0.25, 0.3) is 0 Å². The van der Waals surface area contributed by atoms with Crippen molar-refractivity contribution in [3.05, 3.63) is 136 Å². The molecule has 6 rings (SSSR count). The van der Waals surface area contributed by atoms with E-state index in [1.54, 1.807) is 21.2 Å². The van der Waals surface area contributed by atoms with E-state index in [2.05, 4.69) is 121 Å². The van der Waals surface area contributed by atoms with E-state index < -0.39 is 15.8 Å². The van der Waals surface area contributed by atoms with Crippen molar-refractivity contribution in [2.24, 2.45) is 0 Å². The van der Waals surface area contributed by atoms with Gasteiger partial charge in [-0.25, -0.2) is 0 Å². The standard InChI is InChI=1S/2C17H19P.2CH3.2ClH.Fe.Ni/c2*1-3-9-15(10-4-1)18(17-13-7-8-14-17)16-11-5-2-6-12-16;;;;;;/h2*1-6,9-12,17H,7-8,13-14H2;2*1H3;2*1H;;/q;;2*-1;;;2*+2. The third kappa shape index (κ3) is 12.0. The van der Waals surface area contributed by atoms with Crippen LogP contribution in [0.1, 0.15) is 51.4 Å². The van der Waals surface area contributed by atoms with E-state index in [1.807, 2.05) is 0 Å². The number of benzene rings is 4. The fourth-order valence-electron chi connectivity index (χ4n) is 6.18. The second-order valence-corrected chi connectivity index (χ2v) is 17.5. The Hall–Kier alpha value is -0.667. The molecule has 0 atom stereocenters. The molecule has 0 unspecified atom stereocenters. The van der Waals surface area contributed by atoms with Crippen LogP contribution in [0.3, 0.4) is 0 Å². The summed E-state index contributed by atoms with van der Waals surface area (Å²) < 4.78 is 0. The maximum atomic E-state index is 4.70. The van der Waals surface area contributed by atoms with Crippen molar-refractivity contribution >= 4 is 57.4 Å². The summed E-state index contributed by atoms with van der Waals surface area (Å²) in [4.78, 5) is 0. The van der Waals surface area contributed by atoms with Crippen molar-refractivity contribution in [3.63, 3.8) is 0 Å². The smallest absolute Gasteiger partial charge is 0.0620 e. The molecule has 4 aromatic carbocycles. The van der Waals surface area contributed by atoms with Gasteiger partial charge in [-0.2, -0.15) is 0 Å². The Bertz CT molecular complexity index is 1000. The van der Waals surface area contributed by atoms with Crippen molar-refractivity contribution in [2.75, 3.05) is 0 Å². The van der Waals surface area contributed by atoms with Crippen LogP contribution in [0.15, 0.2) is 121 Å². The van der Waals surface area contributed by atoms with E-state index in [4.69, 9.17) is 20.4 Å². The Balaban J connectivity index is 0.000000361. The Morgan fingerprint density at radius 3 is 0.810 bits per heavy atom. The van der Waals surface area contributed by atoms with Crippen molar-refractivity contribution in [1.29, 1.82) is 0 Å². The molecule has 0 spiro atoms. The van der Waals surface area contributed by atoms with E-state index in [-0.39, 0.29) is 31.9 Å². The van der Waals surface area contributed by atoms with Gasteiger partial charge in [0.15, 0.2) is 0 Å². The molecule has 0 N–H and O–H groups in total. The maximum absolute atomic E-state index is 4.70. The summed E-state index contributed by atoms with van der Waals surface area (Å²) in [7, 11) is 8.25. The van der Waals surface area contributed by atoms with E-state index in [0.717, 1.165) is 11.3 Å². The molecule has 0 radical (unpaired) electrons. The summed E-state index contributed by atoms with van der Waals surface area (Å²) in [6, 6.07) is 44.7. The van der Waals surface area contributed by atoms with Gasteiger partial charge in [0.2, 0.25) is 0 Å². The summed E-state index contributed by atoms with van der Waals surface area (Å²) >= 11 is 0.569. The summed E-state index contributed by atoms with van der Waals surface area (Å²) in [5, 5.41) is 6.34. The first-order chi connectivity index (χ1) is 19.3. The summed E-state index contributed by atoms with van der Waals surface area (Å²) in [6.45, 7) is 0. The van der Waals surface area contributed by atoms with Crippen molar-refractivity contribution in [2.45, 2.75) is 62.7 Å². The first-order valence-electron chi connectivity index (χ1n) is 14.1. The number of hydrogen-bond donors (Lipinski definition) is 0. The zero-order valence-corrected chi connectivity index (χ0v) is 30.4. The number of halogens is 2. The zero-order valence-electron chi connectivity index (χ0n) is 24.8. The molecule has 0 aliphatic heterocycles. The quantitative estimate of drug-likeness (QED) is 0.106. The van der Waals surface area contributed by atoms with Gasteiger partial charge in [0.25, 0.3) is 0 Å². The van der Waals surface area contributed by atoms with Crippen molar-refractivity contribution in [1.82, 2.24) is 0 Å². The molecule has 2 saturated carbocycles. The SMILES string of the molecule is [CH3-].[CH3-].[Cl][Ni][Cl].[Fe+2].c1ccc([PH+](c2ccccc2)C2CCCC2)cc1.c1ccc([PH+](c2ccccc2)C2CCCC2)cc1. The van der Waals surface area contributed by atoms with Crippen LogP contribution in [0, 0.1) is 14.9 Å². The van der Waals surface area contributed by atoms with Crippen LogP contribution >= 0.6 is 36.2 Å². The van der Waals surface area contributed by atoms with E-state index >= 15 is 0 Å². The minimum absolute atomic E-state index is 0. The molecule has 0 amide bonds. The third-order valence-electron chi connectivity index (χ3n) is 7.87. The first-order valence-corrected chi connectivity index (χ1v) is 20.0. The summed E-state index contributed by atoms with van der Waals surface area (Å²) in [6.07, 6.45) is 11.4. The van der Waals surface area contributed by atoms with E-state index in [1.165, 1.54) is 51.4 Å². The fraction of sp³-hybridized carbons (Fsp3) is 0.278. The van der Waals surface area contributed by atoms with E-state index in [0.29, 0.717) is 12.7 Å². The zero-order chi connectivity index (χ0) is 27.1. The first kappa shape index (κ1) is 39.4. The summed E-state index contributed by atoms with van der Waals surface area (Å²) in [5.74, 6) is 0. The molecule has 2 aliphatic carbocycles. The second kappa shape index (κ2) is 22.8. The monoisotopic (exact) mass is 724 g/mol. The van der Waals surface area contributed by atoms with Gasteiger partial charge >= 0.3 is 50.1 Å². The van der Waals surface area contributed by atoms with E-state index in [9.17, 15) is 0 Å². The molecule has 6 heteroatoms.